The van der Waals surface area contributed by atoms with Crippen LogP contribution in [0.4, 0.5) is 0 Å². The van der Waals surface area contributed by atoms with Gasteiger partial charge in [-0.05, 0) is 41.3 Å². The highest BCUT2D eigenvalue weighted by Gasteiger charge is 2.40. The van der Waals surface area contributed by atoms with Gasteiger partial charge in [0.25, 0.3) is 6.71 Å². The highest BCUT2D eigenvalue weighted by Crippen LogP contribution is 2.49. The first kappa shape index (κ1) is 26.5. The van der Waals surface area contributed by atoms with E-state index < -0.39 is 0 Å². The van der Waals surface area contributed by atoms with Crippen LogP contribution in [0, 0.1) is 0 Å². The van der Waals surface area contributed by atoms with Gasteiger partial charge in [-0.15, -0.1) is 0 Å². The molecule has 5 nitrogen and oxygen atoms in total. The molecule has 5 heterocycles. The molecule has 12 rings (SSSR count). The molecule has 10 aromatic rings. The van der Waals surface area contributed by atoms with Crippen molar-refractivity contribution in [3.63, 3.8) is 0 Å². The van der Waals surface area contributed by atoms with Crippen LogP contribution in [0.15, 0.2) is 133 Å². The summed E-state index contributed by atoms with van der Waals surface area (Å²) in [5.74, 6) is 3.45. The third kappa shape index (κ3) is 3.11. The smallest absolute Gasteiger partial charge is 0.260 e. The highest BCUT2D eigenvalue weighted by atomic mass is 16.5. The lowest BCUT2D eigenvalue weighted by Crippen LogP contribution is -2.57. The van der Waals surface area contributed by atoms with Gasteiger partial charge in [0, 0.05) is 75.0 Å². The zero-order valence-corrected chi connectivity index (χ0v) is 27.4. The van der Waals surface area contributed by atoms with Crippen LogP contribution in [0.2, 0.25) is 0 Å². The zero-order chi connectivity index (χ0) is 32.8. The second-order valence-corrected chi connectivity index (χ2v) is 13.7. The Kier molecular flexibility index (Phi) is 4.88. The Bertz CT molecular complexity index is 3040. The molecule has 6 heteroatoms. The summed E-state index contributed by atoms with van der Waals surface area (Å²) < 4.78 is 20.8. The van der Waals surface area contributed by atoms with E-state index in [2.05, 4.69) is 161 Å². The second kappa shape index (κ2) is 9.19. The van der Waals surface area contributed by atoms with Gasteiger partial charge < -0.3 is 23.2 Å². The summed E-state index contributed by atoms with van der Waals surface area (Å²) >= 11 is 0. The third-order valence-electron chi connectivity index (χ3n) is 11.3. The fourth-order valence-electron chi connectivity index (χ4n) is 9.34. The fourth-order valence-corrected chi connectivity index (χ4v) is 9.34. The van der Waals surface area contributed by atoms with E-state index in [1.54, 1.807) is 0 Å². The minimum absolute atomic E-state index is 0.0299. The van der Waals surface area contributed by atoms with Gasteiger partial charge >= 0.3 is 0 Å². The summed E-state index contributed by atoms with van der Waals surface area (Å²) in [6.07, 6.45) is 0. The van der Waals surface area contributed by atoms with E-state index in [-0.39, 0.29) is 6.71 Å². The van der Waals surface area contributed by atoms with E-state index in [9.17, 15) is 0 Å². The monoisotopic (exact) mass is 641 g/mol. The van der Waals surface area contributed by atoms with Gasteiger partial charge in [0.2, 0.25) is 0 Å². The van der Waals surface area contributed by atoms with Crippen molar-refractivity contribution in [1.29, 1.82) is 0 Å². The number of rotatable bonds is 1. The molecular formula is C44H28BN3O2. The SMILES string of the molecule is Cn1c2ccccc2c2c1c1c3ccccc3n(-c3cc4c5c(c3)Oc3ccccc3B5c3ccccc3O4)c1c1c3ccccc3n(C)c21. The molecule has 0 spiro atoms. The summed E-state index contributed by atoms with van der Waals surface area (Å²) in [5.41, 5.74) is 11.7. The van der Waals surface area contributed by atoms with Crippen LogP contribution in [0.25, 0.3) is 71.1 Å². The number of hydrogen-bond donors (Lipinski definition) is 0. The van der Waals surface area contributed by atoms with Gasteiger partial charge in [0.05, 0.1) is 27.8 Å². The summed E-state index contributed by atoms with van der Waals surface area (Å²) in [6.45, 7) is 0.0299. The van der Waals surface area contributed by atoms with Crippen molar-refractivity contribution >= 4 is 88.5 Å². The van der Waals surface area contributed by atoms with E-state index in [1.165, 1.54) is 59.9 Å². The van der Waals surface area contributed by atoms with Crippen LogP contribution in [0.5, 0.6) is 23.0 Å². The maximum absolute atomic E-state index is 6.79. The summed E-state index contributed by atoms with van der Waals surface area (Å²) in [5, 5.41) is 7.51. The van der Waals surface area contributed by atoms with Crippen LogP contribution in [0.1, 0.15) is 0 Å². The van der Waals surface area contributed by atoms with Gasteiger partial charge in [0.1, 0.15) is 23.0 Å². The van der Waals surface area contributed by atoms with E-state index in [0.717, 1.165) is 50.6 Å². The van der Waals surface area contributed by atoms with Gasteiger partial charge in [-0.2, -0.15) is 0 Å². The quantitative estimate of drug-likeness (QED) is 0.168. The molecule has 0 saturated heterocycles. The number of hydrogen-bond acceptors (Lipinski definition) is 2. The van der Waals surface area contributed by atoms with Gasteiger partial charge in [-0.3, -0.25) is 0 Å². The lowest BCUT2D eigenvalue weighted by molar-refractivity contribution is 0.464. The summed E-state index contributed by atoms with van der Waals surface area (Å²) in [7, 11) is 4.43. The molecule has 0 fully saturated rings. The maximum atomic E-state index is 6.79. The predicted octanol–water partition coefficient (Wildman–Crippen LogP) is 8.80. The first-order valence-electron chi connectivity index (χ1n) is 17.2. The van der Waals surface area contributed by atoms with E-state index in [1.807, 2.05) is 0 Å². The van der Waals surface area contributed by atoms with Gasteiger partial charge in [-0.1, -0.05) is 91.0 Å². The molecule has 2 aliphatic heterocycles. The number of aryl methyl sites for hydroxylation is 2. The topological polar surface area (TPSA) is 33.2 Å². The predicted molar refractivity (Wildman–Crippen MR) is 206 cm³/mol. The molecule has 3 aromatic heterocycles. The zero-order valence-electron chi connectivity index (χ0n) is 27.4. The first-order valence-corrected chi connectivity index (χ1v) is 17.2. The van der Waals surface area contributed by atoms with E-state index in [0.29, 0.717) is 0 Å². The Balaban J connectivity index is 1.29. The lowest BCUT2D eigenvalue weighted by Gasteiger charge is -2.33. The lowest BCUT2D eigenvalue weighted by atomic mass is 9.35. The first-order chi connectivity index (χ1) is 24.7. The molecule has 7 aromatic carbocycles. The van der Waals surface area contributed by atoms with Crippen LogP contribution in [-0.4, -0.2) is 20.4 Å². The molecule has 2 aliphatic rings. The van der Waals surface area contributed by atoms with Gasteiger partial charge in [-0.25, -0.2) is 0 Å². The highest BCUT2D eigenvalue weighted by molar-refractivity contribution is 6.98. The molecule has 0 unspecified atom stereocenters. The molecule has 0 atom stereocenters. The average Bonchev–Trinajstić information content (AvgIpc) is 3.76. The van der Waals surface area contributed by atoms with E-state index >= 15 is 0 Å². The molecule has 0 aliphatic carbocycles. The Morgan fingerprint density at radius 1 is 0.440 bits per heavy atom. The second-order valence-electron chi connectivity index (χ2n) is 13.7. The average molecular weight is 642 g/mol. The molecule has 0 bridgehead atoms. The molecule has 0 N–H and O–H groups in total. The number of para-hydroxylation sites is 5. The van der Waals surface area contributed by atoms with Gasteiger partial charge in [0.15, 0.2) is 0 Å². The Labute approximate surface area is 287 Å². The van der Waals surface area contributed by atoms with Crippen LogP contribution >= 0.6 is 0 Å². The Morgan fingerprint density at radius 2 is 0.860 bits per heavy atom. The van der Waals surface area contributed by atoms with E-state index in [4.69, 9.17) is 9.47 Å². The third-order valence-corrected chi connectivity index (χ3v) is 11.3. The van der Waals surface area contributed by atoms with Crippen molar-refractivity contribution in [2.75, 3.05) is 0 Å². The number of fused-ring (bicyclic) bond motifs is 16. The standard InChI is InChI=1S/C44H28BN3O2/c1-46-31-18-8-3-13-26(31)38-42-39(27-14-4-9-19-32(27)47(42)2)44-40(43(38)46)28-15-5-10-20-33(28)48(44)25-23-36-41-37(24-25)50-35-22-12-7-17-30(35)45(41)29-16-6-11-21-34(29)49-36/h3-24H,1-2H3. The largest absolute Gasteiger partial charge is 0.458 e. The maximum Gasteiger partial charge on any atom is 0.260 e. The summed E-state index contributed by atoms with van der Waals surface area (Å²) in [6, 6.07) is 47.8. The molecule has 234 valence electrons. The molecule has 0 saturated carbocycles. The number of aromatic nitrogens is 3. The van der Waals surface area contributed by atoms with Crippen LogP contribution in [-0.2, 0) is 14.1 Å². The minimum atomic E-state index is 0.0299. The number of nitrogens with zero attached hydrogens (tertiary/aromatic N) is 3. The van der Waals surface area contributed by atoms with Crippen LogP contribution in [0.3, 0.4) is 0 Å². The number of ether oxygens (including phenoxy) is 2. The molecular weight excluding hydrogens is 613 g/mol. The fraction of sp³-hybridized carbons (Fsp3) is 0.0455. The normalized spacial score (nSPS) is 13.3. The Hall–Kier alpha value is -6.40. The molecule has 0 amide bonds. The van der Waals surface area contributed by atoms with Crippen molar-refractivity contribution in [3.8, 4) is 28.7 Å². The minimum Gasteiger partial charge on any atom is -0.458 e. The number of benzene rings is 7. The van der Waals surface area contributed by atoms with Crippen molar-refractivity contribution in [2.45, 2.75) is 0 Å². The van der Waals surface area contributed by atoms with Crippen molar-refractivity contribution in [3.05, 3.63) is 133 Å². The van der Waals surface area contributed by atoms with Crippen molar-refractivity contribution in [2.24, 2.45) is 14.1 Å². The Morgan fingerprint density at radius 3 is 1.40 bits per heavy atom. The van der Waals surface area contributed by atoms with Crippen LogP contribution < -0.4 is 25.9 Å². The van der Waals surface area contributed by atoms with Crippen molar-refractivity contribution < 1.29 is 9.47 Å². The molecule has 0 radical (unpaired) electrons. The molecule has 50 heavy (non-hydrogen) atoms. The van der Waals surface area contributed by atoms with Crippen molar-refractivity contribution in [1.82, 2.24) is 13.7 Å². The summed E-state index contributed by atoms with van der Waals surface area (Å²) in [4.78, 5) is 0.